The van der Waals surface area contributed by atoms with Gasteiger partial charge in [-0.25, -0.2) is 0 Å². The zero-order valence-corrected chi connectivity index (χ0v) is 13.8. The Bertz CT molecular complexity index is 680. The summed E-state index contributed by atoms with van der Waals surface area (Å²) in [5.74, 6) is 0.470. The summed E-state index contributed by atoms with van der Waals surface area (Å²) in [5.41, 5.74) is 2.77. The van der Waals surface area contributed by atoms with Crippen LogP contribution < -0.4 is 5.32 Å². The molecule has 0 saturated heterocycles. The van der Waals surface area contributed by atoms with Gasteiger partial charge in [0, 0.05) is 17.7 Å². The highest BCUT2D eigenvalue weighted by Gasteiger charge is 2.33. The SMILES string of the molecule is COCc1cccc(C(=O)NC(c2ccc(Cl)cc2)C2CC2)c1. The van der Waals surface area contributed by atoms with Gasteiger partial charge in [0.05, 0.1) is 12.6 Å². The third-order valence-electron chi connectivity index (χ3n) is 4.11. The Morgan fingerprint density at radius 1 is 1.26 bits per heavy atom. The molecule has 1 N–H and O–H groups in total. The fourth-order valence-electron chi connectivity index (χ4n) is 2.77. The van der Waals surface area contributed by atoms with Gasteiger partial charge in [-0.05, 0) is 54.2 Å². The van der Waals surface area contributed by atoms with Crippen molar-refractivity contribution in [1.82, 2.24) is 5.32 Å². The molecule has 1 atom stereocenters. The summed E-state index contributed by atoms with van der Waals surface area (Å²) < 4.78 is 5.13. The molecule has 0 radical (unpaired) electrons. The van der Waals surface area contributed by atoms with Crippen molar-refractivity contribution in [3.05, 3.63) is 70.2 Å². The van der Waals surface area contributed by atoms with Crippen molar-refractivity contribution in [1.29, 1.82) is 0 Å². The van der Waals surface area contributed by atoms with E-state index in [-0.39, 0.29) is 11.9 Å². The number of halogens is 1. The van der Waals surface area contributed by atoms with Crippen molar-refractivity contribution in [2.24, 2.45) is 5.92 Å². The molecule has 2 aromatic carbocycles. The first kappa shape index (κ1) is 16.0. The minimum absolute atomic E-state index is 0.0465. The third-order valence-corrected chi connectivity index (χ3v) is 4.36. The summed E-state index contributed by atoms with van der Waals surface area (Å²) in [6.07, 6.45) is 2.30. The monoisotopic (exact) mass is 329 g/mol. The Morgan fingerprint density at radius 3 is 2.65 bits per heavy atom. The summed E-state index contributed by atoms with van der Waals surface area (Å²) >= 11 is 5.96. The molecule has 0 aromatic heterocycles. The van der Waals surface area contributed by atoms with Crippen LogP contribution >= 0.6 is 11.6 Å². The predicted octanol–water partition coefficient (Wildman–Crippen LogP) is 4.37. The van der Waals surface area contributed by atoms with E-state index in [2.05, 4.69) is 5.32 Å². The Hall–Kier alpha value is -1.84. The molecule has 4 heteroatoms. The Morgan fingerprint density at radius 2 is 2.00 bits per heavy atom. The van der Waals surface area contributed by atoms with Gasteiger partial charge in [-0.1, -0.05) is 35.9 Å². The first-order chi connectivity index (χ1) is 11.2. The summed E-state index contributed by atoms with van der Waals surface area (Å²) in [5, 5.41) is 3.89. The maximum Gasteiger partial charge on any atom is 0.251 e. The molecule has 1 unspecified atom stereocenters. The van der Waals surface area contributed by atoms with E-state index in [0.29, 0.717) is 23.1 Å². The molecule has 1 aliphatic rings. The van der Waals surface area contributed by atoms with E-state index in [0.717, 1.165) is 24.0 Å². The number of amides is 1. The van der Waals surface area contributed by atoms with Crippen molar-refractivity contribution in [3.8, 4) is 0 Å². The van der Waals surface area contributed by atoms with Gasteiger partial charge in [0.25, 0.3) is 5.91 Å². The smallest absolute Gasteiger partial charge is 0.251 e. The van der Waals surface area contributed by atoms with Crippen LogP contribution in [0.4, 0.5) is 0 Å². The molecule has 1 aliphatic carbocycles. The Kier molecular flexibility index (Phi) is 4.99. The largest absolute Gasteiger partial charge is 0.380 e. The van der Waals surface area contributed by atoms with E-state index < -0.39 is 0 Å². The van der Waals surface area contributed by atoms with Gasteiger partial charge < -0.3 is 10.1 Å². The summed E-state index contributed by atoms with van der Waals surface area (Å²) in [7, 11) is 1.65. The first-order valence-electron chi connectivity index (χ1n) is 7.81. The van der Waals surface area contributed by atoms with Gasteiger partial charge in [0.1, 0.15) is 0 Å². The topological polar surface area (TPSA) is 38.3 Å². The highest BCUT2D eigenvalue weighted by Crippen LogP contribution is 2.41. The van der Waals surface area contributed by atoms with E-state index in [1.54, 1.807) is 7.11 Å². The van der Waals surface area contributed by atoms with Crippen LogP contribution in [0.25, 0.3) is 0 Å². The lowest BCUT2D eigenvalue weighted by Gasteiger charge is -2.19. The van der Waals surface area contributed by atoms with E-state index in [1.807, 2.05) is 48.5 Å². The number of carbonyl (C=O) groups is 1. The predicted molar refractivity (Wildman–Crippen MR) is 91.5 cm³/mol. The molecule has 3 rings (SSSR count). The van der Waals surface area contributed by atoms with Gasteiger partial charge in [0.2, 0.25) is 0 Å². The quantitative estimate of drug-likeness (QED) is 0.854. The second kappa shape index (κ2) is 7.16. The molecule has 1 fully saturated rings. The fraction of sp³-hybridized carbons (Fsp3) is 0.316. The molecule has 3 nitrogen and oxygen atoms in total. The van der Waals surface area contributed by atoms with Gasteiger partial charge in [0.15, 0.2) is 0 Å². The summed E-state index contributed by atoms with van der Waals surface area (Å²) in [6.45, 7) is 0.504. The van der Waals surface area contributed by atoms with Crippen molar-refractivity contribution in [3.63, 3.8) is 0 Å². The second-order valence-electron chi connectivity index (χ2n) is 5.97. The van der Waals surface area contributed by atoms with Crippen LogP contribution in [0.15, 0.2) is 48.5 Å². The normalized spacial score (nSPS) is 15.2. The maximum atomic E-state index is 12.6. The number of benzene rings is 2. The average Bonchev–Trinajstić information content (AvgIpc) is 3.39. The van der Waals surface area contributed by atoms with Crippen LogP contribution in [0, 0.1) is 5.92 Å². The first-order valence-corrected chi connectivity index (χ1v) is 8.19. The van der Waals surface area contributed by atoms with Crippen LogP contribution in [-0.4, -0.2) is 13.0 Å². The minimum Gasteiger partial charge on any atom is -0.380 e. The van der Waals surface area contributed by atoms with Crippen LogP contribution in [-0.2, 0) is 11.3 Å². The number of rotatable bonds is 6. The van der Waals surface area contributed by atoms with E-state index in [9.17, 15) is 4.79 Å². The minimum atomic E-state index is -0.0465. The summed E-state index contributed by atoms with van der Waals surface area (Å²) in [4.78, 5) is 12.6. The number of methoxy groups -OCH3 is 1. The van der Waals surface area contributed by atoms with Crippen LogP contribution in [0.5, 0.6) is 0 Å². The highest BCUT2D eigenvalue weighted by atomic mass is 35.5. The molecule has 120 valence electrons. The van der Waals surface area contributed by atoms with Crippen molar-refractivity contribution >= 4 is 17.5 Å². The van der Waals surface area contributed by atoms with Crippen LogP contribution in [0.3, 0.4) is 0 Å². The lowest BCUT2D eigenvalue weighted by atomic mass is 10.0. The van der Waals surface area contributed by atoms with Gasteiger partial charge in [-0.2, -0.15) is 0 Å². The van der Waals surface area contributed by atoms with Crippen LogP contribution in [0.1, 0.15) is 40.4 Å². The summed E-state index contributed by atoms with van der Waals surface area (Å²) in [6, 6.07) is 15.3. The zero-order chi connectivity index (χ0) is 16.2. The number of carbonyl (C=O) groups excluding carboxylic acids is 1. The molecular formula is C19H20ClNO2. The number of ether oxygens (including phenoxy) is 1. The van der Waals surface area contributed by atoms with Crippen molar-refractivity contribution in [2.45, 2.75) is 25.5 Å². The van der Waals surface area contributed by atoms with Crippen molar-refractivity contribution < 1.29 is 9.53 Å². The third kappa shape index (κ3) is 4.12. The standard InChI is InChI=1S/C19H20ClNO2/c1-23-12-13-3-2-4-16(11-13)19(22)21-18(14-5-6-14)15-7-9-17(20)10-8-15/h2-4,7-11,14,18H,5-6,12H2,1H3,(H,21,22). The van der Waals surface area contributed by atoms with Crippen molar-refractivity contribution in [2.75, 3.05) is 7.11 Å². The lowest BCUT2D eigenvalue weighted by molar-refractivity contribution is 0.0931. The molecule has 1 amide bonds. The molecule has 23 heavy (non-hydrogen) atoms. The van der Waals surface area contributed by atoms with E-state index in [4.69, 9.17) is 16.3 Å². The number of hydrogen-bond acceptors (Lipinski definition) is 2. The van der Waals surface area contributed by atoms with Gasteiger partial charge in [-0.15, -0.1) is 0 Å². The zero-order valence-electron chi connectivity index (χ0n) is 13.1. The molecule has 0 bridgehead atoms. The van der Waals surface area contributed by atoms with Gasteiger partial charge >= 0.3 is 0 Å². The maximum absolute atomic E-state index is 12.6. The fourth-order valence-corrected chi connectivity index (χ4v) is 2.89. The van der Waals surface area contributed by atoms with E-state index >= 15 is 0 Å². The molecule has 0 heterocycles. The Labute approximate surface area is 141 Å². The van der Waals surface area contributed by atoms with Crippen LogP contribution in [0.2, 0.25) is 5.02 Å². The average molecular weight is 330 g/mol. The molecular weight excluding hydrogens is 310 g/mol. The molecule has 0 aliphatic heterocycles. The molecule has 0 spiro atoms. The number of hydrogen-bond donors (Lipinski definition) is 1. The van der Waals surface area contributed by atoms with E-state index in [1.165, 1.54) is 0 Å². The Balaban J connectivity index is 1.76. The molecule has 2 aromatic rings. The lowest BCUT2D eigenvalue weighted by Crippen LogP contribution is -2.29. The second-order valence-corrected chi connectivity index (χ2v) is 6.41. The number of nitrogens with one attached hydrogen (secondary N) is 1. The highest BCUT2D eigenvalue weighted by molar-refractivity contribution is 6.30. The molecule has 1 saturated carbocycles. The van der Waals surface area contributed by atoms with Gasteiger partial charge in [-0.3, -0.25) is 4.79 Å².